The van der Waals surface area contributed by atoms with Crippen molar-refractivity contribution in [2.24, 2.45) is 0 Å². The lowest BCUT2D eigenvalue weighted by atomic mass is 10.1. The summed E-state index contributed by atoms with van der Waals surface area (Å²) in [5.41, 5.74) is -0.895. The fourth-order valence-electron chi connectivity index (χ4n) is 2.38. The van der Waals surface area contributed by atoms with E-state index in [2.05, 4.69) is 20.9 Å². The second kappa shape index (κ2) is 7.39. The third kappa shape index (κ3) is 3.97. The molecule has 0 bridgehead atoms. The van der Waals surface area contributed by atoms with E-state index in [1.54, 1.807) is 0 Å². The largest absolute Gasteiger partial charge is 0.460 e. The van der Waals surface area contributed by atoms with Crippen molar-refractivity contribution in [3.63, 3.8) is 0 Å². The van der Waals surface area contributed by atoms with Crippen LogP contribution in [-0.2, 0) is 14.3 Å². The molecule has 0 unspecified atom stereocenters. The normalized spacial score (nSPS) is 23.8. The highest BCUT2D eigenvalue weighted by atomic mass is 79.9. The molecule has 1 N–H and O–H groups in total. The van der Waals surface area contributed by atoms with Crippen molar-refractivity contribution >= 4 is 28.0 Å². The van der Waals surface area contributed by atoms with Gasteiger partial charge in [-0.05, 0) is 11.1 Å². The number of nitriles is 1. The van der Waals surface area contributed by atoms with Gasteiger partial charge >= 0.3 is 11.7 Å². The molecule has 2 rings (SSSR count). The summed E-state index contributed by atoms with van der Waals surface area (Å²) >= 11 is 3.07. The van der Waals surface area contributed by atoms with Crippen LogP contribution >= 0.6 is 15.9 Å². The topological polar surface area (TPSA) is 114 Å². The summed E-state index contributed by atoms with van der Waals surface area (Å²) in [6, 6.07) is 1.96. The summed E-state index contributed by atoms with van der Waals surface area (Å²) in [7, 11) is 0. The molecule has 0 saturated carbocycles. The van der Waals surface area contributed by atoms with Crippen molar-refractivity contribution in [3.05, 3.63) is 37.6 Å². The zero-order chi connectivity index (χ0) is 17.0. The molecule has 1 aromatic rings. The lowest BCUT2D eigenvalue weighted by Crippen LogP contribution is -2.33. The Labute approximate surface area is 139 Å². The smallest absolute Gasteiger partial charge is 0.330 e. The van der Waals surface area contributed by atoms with E-state index < -0.39 is 35.7 Å². The molecule has 0 aromatic carbocycles. The molecule has 0 radical (unpaired) electrons. The monoisotopic (exact) mass is 383 g/mol. The molecule has 1 fully saturated rings. The minimum absolute atomic E-state index is 0.0285. The minimum Gasteiger partial charge on any atom is -0.460 e. The molecule has 0 amide bonds. The molecule has 122 valence electrons. The molecule has 1 aliphatic rings. The van der Waals surface area contributed by atoms with Gasteiger partial charge in [0.1, 0.15) is 18.4 Å². The van der Waals surface area contributed by atoms with Crippen LogP contribution in [0.5, 0.6) is 0 Å². The molecule has 1 aliphatic heterocycles. The lowest BCUT2D eigenvalue weighted by molar-refractivity contribution is -0.149. The maximum absolute atomic E-state index is 12.0. The lowest BCUT2D eigenvalue weighted by Gasteiger charge is -2.15. The maximum atomic E-state index is 12.0. The highest BCUT2D eigenvalue weighted by Crippen LogP contribution is 2.31. The number of carbonyl (C=O) groups excluding carboxylic acids is 1. The number of H-pyrrole nitrogens is 1. The fraction of sp³-hybridized carbons (Fsp3) is 0.429. The van der Waals surface area contributed by atoms with E-state index in [9.17, 15) is 14.4 Å². The van der Waals surface area contributed by atoms with Crippen LogP contribution in [0.1, 0.15) is 31.6 Å². The van der Waals surface area contributed by atoms with Gasteiger partial charge in [-0.15, -0.1) is 0 Å². The molecule has 2 heterocycles. The van der Waals surface area contributed by atoms with Crippen LogP contribution < -0.4 is 11.2 Å². The predicted octanol–water partition coefficient (Wildman–Crippen LogP) is 1.04. The van der Waals surface area contributed by atoms with Crippen LogP contribution in [0.25, 0.3) is 6.08 Å². The average molecular weight is 384 g/mol. The second-order valence-corrected chi connectivity index (χ2v) is 5.45. The number of halogens is 1. The van der Waals surface area contributed by atoms with Gasteiger partial charge in [0.25, 0.3) is 5.56 Å². The summed E-state index contributed by atoms with van der Waals surface area (Å²) in [5, 5.41) is 8.84. The Balaban J connectivity index is 2.34. The molecule has 1 saturated heterocycles. The minimum atomic E-state index is -0.732. The van der Waals surface area contributed by atoms with Gasteiger partial charge in [-0.3, -0.25) is 19.1 Å². The van der Waals surface area contributed by atoms with E-state index in [0.29, 0.717) is 0 Å². The van der Waals surface area contributed by atoms with Crippen molar-refractivity contribution in [1.29, 1.82) is 5.26 Å². The third-order valence-corrected chi connectivity index (χ3v) is 3.60. The Bertz CT molecular complexity index is 776. The number of carbonyl (C=O) groups is 1. The Kier molecular flexibility index (Phi) is 5.52. The quantitative estimate of drug-likeness (QED) is 0.776. The van der Waals surface area contributed by atoms with Crippen LogP contribution in [0.4, 0.5) is 0 Å². The highest BCUT2D eigenvalue weighted by Gasteiger charge is 2.38. The summed E-state index contributed by atoms with van der Waals surface area (Å²) < 4.78 is 12.0. The Hall–Kier alpha value is -2.18. The summed E-state index contributed by atoms with van der Waals surface area (Å²) in [6.45, 7) is 1.27. The van der Waals surface area contributed by atoms with Gasteiger partial charge in [0.05, 0.1) is 18.1 Å². The Morgan fingerprint density at radius 3 is 3.00 bits per heavy atom. The summed E-state index contributed by atoms with van der Waals surface area (Å²) in [4.78, 5) is 38.5. The first kappa shape index (κ1) is 17.2. The number of hydrogen-bond acceptors (Lipinski definition) is 6. The molecule has 1 aromatic heterocycles. The molecule has 9 heteroatoms. The number of nitrogens with zero attached hydrogens (tertiary/aromatic N) is 2. The van der Waals surface area contributed by atoms with Crippen molar-refractivity contribution in [2.45, 2.75) is 38.2 Å². The standard InChI is InChI=1S/C14H14BrN3O5/c1-8(19)22-11-6-12(23-10(11)3-5-16)18-7-9(2-4-15)13(20)17-14(18)21/h2,4,7,10-12H,3,6H2,1H3,(H,17,20,21)/t10-,11+,12-/m1/s1. The predicted molar refractivity (Wildman–Crippen MR) is 83.6 cm³/mol. The molecule has 3 atom stereocenters. The SMILES string of the molecule is CC(=O)O[C@H]1C[C@H](n2cc(C=CBr)c(=O)[nH]c2=O)O[C@@H]1CC#N. The van der Waals surface area contributed by atoms with Gasteiger partial charge in [0, 0.05) is 19.5 Å². The molecule has 8 nitrogen and oxygen atoms in total. The van der Waals surface area contributed by atoms with Crippen LogP contribution in [0.2, 0.25) is 0 Å². The van der Waals surface area contributed by atoms with E-state index >= 15 is 0 Å². The van der Waals surface area contributed by atoms with Crippen LogP contribution in [-0.4, -0.2) is 27.7 Å². The zero-order valence-electron chi connectivity index (χ0n) is 12.2. The van der Waals surface area contributed by atoms with E-state index in [4.69, 9.17) is 14.7 Å². The Morgan fingerprint density at radius 1 is 1.65 bits per heavy atom. The van der Waals surface area contributed by atoms with Gasteiger partial charge in [-0.1, -0.05) is 15.9 Å². The maximum Gasteiger partial charge on any atom is 0.330 e. The number of nitrogens with one attached hydrogen (secondary N) is 1. The zero-order valence-corrected chi connectivity index (χ0v) is 13.8. The van der Waals surface area contributed by atoms with Gasteiger partial charge < -0.3 is 9.47 Å². The van der Waals surface area contributed by atoms with Crippen LogP contribution in [0, 0.1) is 11.3 Å². The number of rotatable bonds is 4. The van der Waals surface area contributed by atoms with Crippen molar-refractivity contribution in [3.8, 4) is 6.07 Å². The number of ether oxygens (including phenoxy) is 2. The van der Waals surface area contributed by atoms with Gasteiger partial charge in [0.15, 0.2) is 0 Å². The molecule has 0 aliphatic carbocycles. The molecular weight excluding hydrogens is 370 g/mol. The second-order valence-electron chi connectivity index (χ2n) is 4.92. The first-order valence-electron chi connectivity index (χ1n) is 6.78. The first-order chi connectivity index (χ1) is 11.0. The van der Waals surface area contributed by atoms with E-state index in [-0.39, 0.29) is 18.4 Å². The van der Waals surface area contributed by atoms with Gasteiger partial charge in [-0.2, -0.15) is 5.26 Å². The average Bonchev–Trinajstić information content (AvgIpc) is 2.84. The van der Waals surface area contributed by atoms with Gasteiger partial charge in [-0.25, -0.2) is 4.79 Å². The summed E-state index contributed by atoms with van der Waals surface area (Å²) in [5.74, 6) is -0.487. The third-order valence-electron chi connectivity index (χ3n) is 3.34. The van der Waals surface area contributed by atoms with Crippen LogP contribution in [0.3, 0.4) is 0 Å². The Morgan fingerprint density at radius 2 is 2.39 bits per heavy atom. The number of esters is 1. The fourth-order valence-corrected chi connectivity index (χ4v) is 2.67. The molecule has 0 spiro atoms. The van der Waals surface area contributed by atoms with Crippen molar-refractivity contribution < 1.29 is 14.3 Å². The number of aromatic nitrogens is 2. The van der Waals surface area contributed by atoms with Crippen molar-refractivity contribution in [1.82, 2.24) is 9.55 Å². The van der Waals surface area contributed by atoms with Crippen LogP contribution in [0.15, 0.2) is 20.8 Å². The summed E-state index contributed by atoms with van der Waals surface area (Å²) in [6.07, 6.45) is 1.12. The molecule has 23 heavy (non-hydrogen) atoms. The van der Waals surface area contributed by atoms with Gasteiger partial charge in [0.2, 0.25) is 0 Å². The first-order valence-corrected chi connectivity index (χ1v) is 7.69. The van der Waals surface area contributed by atoms with E-state index in [1.807, 2.05) is 6.07 Å². The van der Waals surface area contributed by atoms with E-state index in [1.165, 1.54) is 28.7 Å². The number of hydrogen-bond donors (Lipinski definition) is 1. The highest BCUT2D eigenvalue weighted by molar-refractivity contribution is 9.11. The van der Waals surface area contributed by atoms with E-state index in [0.717, 1.165) is 0 Å². The van der Waals surface area contributed by atoms with Crippen molar-refractivity contribution in [2.75, 3.05) is 0 Å². The number of aromatic amines is 1. The molecular formula is C14H14BrN3O5.